The van der Waals surface area contributed by atoms with Crippen molar-refractivity contribution in [2.45, 2.75) is 185 Å². The molecule has 0 aromatic heterocycles. The maximum atomic E-state index is 13.8. The van der Waals surface area contributed by atoms with E-state index in [1.165, 1.54) is 37.7 Å². The first-order valence-corrected chi connectivity index (χ1v) is 22.2. The Hall–Kier alpha value is -1.89. The van der Waals surface area contributed by atoms with Crippen LogP contribution in [-0.4, -0.2) is 60.1 Å². The van der Waals surface area contributed by atoms with Gasteiger partial charge in [0.25, 0.3) is 0 Å². The average Bonchev–Trinajstić information content (AvgIpc) is 3.66. The Kier molecular flexibility index (Phi) is 13.7. The lowest BCUT2D eigenvalue weighted by Crippen LogP contribution is -2.67. The number of ether oxygens (including phenoxy) is 1. The normalized spacial score (nSPS) is 40.9. The number of hydrogen-bond donors (Lipinski definition) is 2. The average molecular weight is 755 g/mol. The molecule has 6 fully saturated rings. The zero-order valence-corrected chi connectivity index (χ0v) is 37.1. The summed E-state index contributed by atoms with van der Waals surface area (Å²) in [5, 5.41) is 12.8. The lowest BCUT2D eigenvalue weighted by atomic mass is 9.32. The number of allylic oxidation sites excluding steroid dienone is 1. The van der Waals surface area contributed by atoms with Crippen molar-refractivity contribution in [3.05, 3.63) is 12.2 Å². The Bertz CT molecular complexity index is 1370. The van der Waals surface area contributed by atoms with Crippen LogP contribution >= 0.6 is 0 Å². The largest absolute Gasteiger partial charge is 0.481 e. The van der Waals surface area contributed by atoms with Gasteiger partial charge in [-0.05, 0) is 148 Å². The van der Waals surface area contributed by atoms with E-state index in [0.29, 0.717) is 36.0 Å². The number of amides is 1. The Balaban J connectivity index is 0.00000157. The van der Waals surface area contributed by atoms with E-state index < -0.39 is 11.4 Å². The molecule has 7 nitrogen and oxygen atoms in total. The van der Waals surface area contributed by atoms with Crippen molar-refractivity contribution < 1.29 is 24.2 Å². The van der Waals surface area contributed by atoms with Crippen LogP contribution in [0.5, 0.6) is 0 Å². The van der Waals surface area contributed by atoms with Gasteiger partial charge in [-0.15, -0.1) is 0 Å². The summed E-state index contributed by atoms with van der Waals surface area (Å²) in [7, 11) is 2.15. The van der Waals surface area contributed by atoms with Gasteiger partial charge in [-0.2, -0.15) is 0 Å². The molecule has 2 N–H and O–H groups in total. The molecule has 1 saturated heterocycles. The predicted molar refractivity (Wildman–Crippen MR) is 221 cm³/mol. The van der Waals surface area contributed by atoms with Crippen LogP contribution < -0.4 is 5.32 Å². The molecular formula is C47H82N2O5. The van der Waals surface area contributed by atoms with Crippen LogP contribution in [0.4, 0.5) is 0 Å². The predicted octanol–water partition coefficient (Wildman–Crippen LogP) is 10.7. The molecule has 1 aliphatic heterocycles. The summed E-state index contributed by atoms with van der Waals surface area (Å²) < 4.78 is 6.28. The van der Waals surface area contributed by atoms with Crippen molar-refractivity contribution in [3.63, 3.8) is 0 Å². The molecule has 5 aliphatic carbocycles. The number of likely N-dealkylation sites (tertiary alicyclic amines) is 1. The second kappa shape index (κ2) is 16.5. The third-order valence-electron chi connectivity index (χ3n) is 17.0. The number of carbonyl (C=O) groups excluding carboxylic acids is 2. The highest BCUT2D eigenvalue weighted by Gasteiger charge is 2.71. The number of carboxylic acids is 1. The van der Waals surface area contributed by atoms with Gasteiger partial charge in [0.1, 0.15) is 6.10 Å². The number of rotatable bonds is 9. The zero-order chi connectivity index (χ0) is 40.7. The van der Waals surface area contributed by atoms with Crippen LogP contribution in [0.25, 0.3) is 0 Å². The Morgan fingerprint density at radius 3 is 2.09 bits per heavy atom. The van der Waals surface area contributed by atoms with Crippen LogP contribution in [-0.2, 0) is 19.1 Å². The fourth-order valence-corrected chi connectivity index (χ4v) is 14.5. The lowest BCUT2D eigenvalue weighted by molar-refractivity contribution is -0.250. The first-order chi connectivity index (χ1) is 25.2. The molecule has 6 aliphatic rings. The van der Waals surface area contributed by atoms with Crippen LogP contribution in [0.2, 0.25) is 0 Å². The minimum atomic E-state index is -0.880. The number of nitrogens with zero attached hydrogens (tertiary/aromatic N) is 1. The van der Waals surface area contributed by atoms with Gasteiger partial charge >= 0.3 is 11.9 Å². The third kappa shape index (κ3) is 7.97. The summed E-state index contributed by atoms with van der Waals surface area (Å²) in [6.07, 6.45) is 13.1. The molecule has 11 atom stereocenters. The second-order valence-corrected chi connectivity index (χ2v) is 20.8. The van der Waals surface area contributed by atoms with Crippen molar-refractivity contribution in [2.75, 3.05) is 20.1 Å². The Morgan fingerprint density at radius 2 is 1.50 bits per heavy atom. The second-order valence-electron chi connectivity index (χ2n) is 20.8. The molecule has 0 aromatic rings. The van der Waals surface area contributed by atoms with Gasteiger partial charge in [0.2, 0.25) is 5.91 Å². The molecule has 4 unspecified atom stereocenters. The molecular weight excluding hydrogens is 673 g/mol. The van der Waals surface area contributed by atoms with E-state index in [-0.39, 0.29) is 63.9 Å². The SMILES string of the molecule is C=C(C)[C@@H]1CC[C@]2(CC(=O)N[C@@H]3CCN(C)C3)CC[C@]3(C)[C@H](CCC4[C@@]5(C)CCC(OC(=O)CC(C)(C)CC(=O)O)C(C)(C)C5CC[C@]43C)C12.CC.CC. The van der Waals surface area contributed by atoms with Crippen LogP contribution in [0.1, 0.15) is 173 Å². The standard InChI is InChI=1S/C43H70N2O5.2C2H6/c1-27(2)29-13-19-43(23-34(46)44-28-16-22-45(10)26-28)21-20-41(8)30(37(29)43)11-12-32-40(7)17-15-33(39(5,6)31(40)14-18-42(32,41)9)50-36(49)25-38(3,4)24-35(47)48;2*1-2/h28-33,37H,1,11-26H2,2-10H3,(H,44,46)(H,47,48);2*1-2H3/t28-,29+,30-,31?,32?,33?,37?,40+,41-,42-,43-;;/m1../s1. The van der Waals surface area contributed by atoms with Gasteiger partial charge in [-0.25, -0.2) is 0 Å². The summed E-state index contributed by atoms with van der Waals surface area (Å²) >= 11 is 0. The van der Waals surface area contributed by atoms with E-state index >= 15 is 0 Å². The van der Waals surface area contributed by atoms with Gasteiger partial charge in [0.15, 0.2) is 0 Å². The molecule has 1 amide bonds. The molecule has 6 rings (SSSR count). The summed E-state index contributed by atoms with van der Waals surface area (Å²) in [5.41, 5.74) is 1.21. The number of aliphatic carboxylic acids is 1. The van der Waals surface area contributed by atoms with E-state index in [4.69, 9.17) is 4.74 Å². The highest BCUT2D eigenvalue weighted by atomic mass is 16.5. The van der Waals surface area contributed by atoms with Crippen molar-refractivity contribution >= 4 is 17.8 Å². The van der Waals surface area contributed by atoms with Crippen molar-refractivity contribution in [3.8, 4) is 0 Å². The van der Waals surface area contributed by atoms with Gasteiger partial charge < -0.3 is 20.1 Å². The summed E-state index contributed by atoms with van der Waals surface area (Å²) in [6, 6.07) is 0.284. The number of carbonyl (C=O) groups is 3. The van der Waals surface area contributed by atoms with Crippen molar-refractivity contribution in [1.29, 1.82) is 0 Å². The first kappa shape index (κ1) is 44.8. The van der Waals surface area contributed by atoms with Crippen molar-refractivity contribution in [2.24, 2.45) is 62.1 Å². The highest BCUT2D eigenvalue weighted by Crippen LogP contribution is 2.78. The number of nitrogens with one attached hydrogen (secondary N) is 1. The summed E-state index contributed by atoms with van der Waals surface area (Å²) in [4.78, 5) is 40.7. The summed E-state index contributed by atoms with van der Waals surface area (Å²) in [6.45, 7) is 33.1. The smallest absolute Gasteiger partial charge is 0.306 e. The summed E-state index contributed by atoms with van der Waals surface area (Å²) in [5.74, 6) is 1.84. The fourth-order valence-electron chi connectivity index (χ4n) is 14.5. The Labute approximate surface area is 331 Å². The lowest BCUT2D eigenvalue weighted by Gasteiger charge is -2.73. The Morgan fingerprint density at radius 1 is 0.833 bits per heavy atom. The molecule has 0 spiro atoms. The van der Waals surface area contributed by atoms with E-state index in [0.717, 1.165) is 51.6 Å². The molecule has 310 valence electrons. The van der Waals surface area contributed by atoms with Gasteiger partial charge in [0, 0.05) is 24.4 Å². The minimum Gasteiger partial charge on any atom is -0.481 e. The van der Waals surface area contributed by atoms with Gasteiger partial charge in [0.05, 0.1) is 12.8 Å². The quantitative estimate of drug-likeness (QED) is 0.180. The molecule has 0 aromatic carbocycles. The maximum absolute atomic E-state index is 13.8. The minimum absolute atomic E-state index is 0.0442. The van der Waals surface area contributed by atoms with Crippen molar-refractivity contribution in [1.82, 2.24) is 10.2 Å². The number of hydrogen-bond acceptors (Lipinski definition) is 5. The van der Waals surface area contributed by atoms with Gasteiger partial charge in [-0.3, -0.25) is 14.4 Å². The number of esters is 1. The highest BCUT2D eigenvalue weighted by molar-refractivity contribution is 5.77. The van der Waals surface area contributed by atoms with E-state index in [2.05, 4.69) is 65.4 Å². The molecule has 0 radical (unpaired) electrons. The van der Waals surface area contributed by atoms with Gasteiger partial charge in [-0.1, -0.05) is 88.3 Å². The van der Waals surface area contributed by atoms with E-state index in [1.807, 2.05) is 41.5 Å². The third-order valence-corrected chi connectivity index (χ3v) is 17.0. The monoisotopic (exact) mass is 755 g/mol. The molecule has 1 heterocycles. The van der Waals surface area contributed by atoms with Crippen LogP contribution in [0.3, 0.4) is 0 Å². The first-order valence-electron chi connectivity index (χ1n) is 22.2. The van der Waals surface area contributed by atoms with E-state index in [1.54, 1.807) is 0 Å². The fraction of sp³-hybridized carbons (Fsp3) is 0.894. The molecule has 0 bridgehead atoms. The van der Waals surface area contributed by atoms with E-state index in [9.17, 15) is 19.5 Å². The molecule has 5 saturated carbocycles. The number of carboxylic acid groups (broad SMARTS) is 1. The maximum Gasteiger partial charge on any atom is 0.306 e. The van der Waals surface area contributed by atoms with Crippen LogP contribution in [0, 0.1) is 62.1 Å². The van der Waals surface area contributed by atoms with Crippen LogP contribution in [0.15, 0.2) is 12.2 Å². The number of likely N-dealkylation sites (N-methyl/N-ethyl adjacent to an activating group) is 1. The zero-order valence-electron chi connectivity index (χ0n) is 37.1. The number of fused-ring (bicyclic) bond motifs is 7. The molecule has 54 heavy (non-hydrogen) atoms. The topological polar surface area (TPSA) is 95.9 Å². The molecule has 7 heteroatoms.